The van der Waals surface area contributed by atoms with E-state index in [1.165, 1.54) is 11.1 Å². The van der Waals surface area contributed by atoms with Crippen LogP contribution in [-0.2, 0) is 6.42 Å². The Hall–Kier alpha value is -2.14. The van der Waals surface area contributed by atoms with E-state index >= 15 is 0 Å². The summed E-state index contributed by atoms with van der Waals surface area (Å²) in [7, 11) is 0. The lowest BCUT2D eigenvalue weighted by Crippen LogP contribution is -2.43. The number of nitrogens with one attached hydrogen (secondary N) is 1. The Morgan fingerprint density at radius 1 is 1.13 bits per heavy atom. The molecule has 2 aliphatic rings. The second kappa shape index (κ2) is 6.54. The predicted molar refractivity (Wildman–Crippen MR) is 89.9 cm³/mol. The summed E-state index contributed by atoms with van der Waals surface area (Å²) in [6, 6.07) is 8.57. The van der Waals surface area contributed by atoms with Crippen molar-refractivity contribution in [1.29, 1.82) is 0 Å². The first-order valence-corrected chi connectivity index (χ1v) is 8.42. The van der Waals surface area contributed by atoms with Crippen molar-refractivity contribution >= 4 is 5.82 Å². The van der Waals surface area contributed by atoms with Crippen molar-refractivity contribution in [2.75, 3.05) is 31.1 Å². The van der Waals surface area contributed by atoms with Gasteiger partial charge in [-0.05, 0) is 30.4 Å². The molecule has 4 rings (SSSR count). The number of aryl methyl sites for hydroxylation is 1. The number of fused-ring (bicyclic) bond motifs is 1. The molecule has 5 heteroatoms. The summed E-state index contributed by atoms with van der Waals surface area (Å²) < 4.78 is 6.20. The smallest absolute Gasteiger partial charge is 0.234 e. The molecular formula is C18H22N4O. The minimum Gasteiger partial charge on any atom is -0.468 e. The summed E-state index contributed by atoms with van der Waals surface area (Å²) in [5.74, 6) is 1.54. The summed E-state index contributed by atoms with van der Waals surface area (Å²) in [5.41, 5.74) is 2.70. The van der Waals surface area contributed by atoms with E-state index in [4.69, 9.17) is 4.74 Å². The number of anilines is 1. The molecule has 1 aromatic heterocycles. The van der Waals surface area contributed by atoms with E-state index in [0.29, 0.717) is 5.88 Å². The zero-order valence-electron chi connectivity index (χ0n) is 13.2. The Balaban J connectivity index is 1.53. The second-order valence-electron chi connectivity index (χ2n) is 6.15. The second-order valence-corrected chi connectivity index (χ2v) is 6.15. The number of benzene rings is 1. The average Bonchev–Trinajstić information content (AvgIpc) is 2.63. The topological polar surface area (TPSA) is 50.3 Å². The number of aromatic nitrogens is 2. The molecule has 1 unspecified atom stereocenters. The van der Waals surface area contributed by atoms with Crippen LogP contribution in [0.5, 0.6) is 5.88 Å². The molecule has 2 heterocycles. The summed E-state index contributed by atoms with van der Waals surface area (Å²) in [5, 5.41) is 3.35. The average molecular weight is 310 g/mol. The zero-order valence-corrected chi connectivity index (χ0v) is 13.2. The highest BCUT2D eigenvalue weighted by molar-refractivity contribution is 5.38. The molecule has 1 aromatic carbocycles. The van der Waals surface area contributed by atoms with Crippen LogP contribution in [-0.4, -0.2) is 36.1 Å². The molecule has 23 heavy (non-hydrogen) atoms. The van der Waals surface area contributed by atoms with E-state index in [1.807, 2.05) is 6.20 Å². The number of hydrogen-bond acceptors (Lipinski definition) is 5. The monoisotopic (exact) mass is 310 g/mol. The molecule has 0 bridgehead atoms. The van der Waals surface area contributed by atoms with E-state index < -0.39 is 0 Å². The maximum absolute atomic E-state index is 6.20. The Bertz CT molecular complexity index is 670. The molecule has 1 saturated heterocycles. The van der Waals surface area contributed by atoms with E-state index in [2.05, 4.69) is 44.5 Å². The first-order chi connectivity index (χ1) is 11.4. The zero-order chi connectivity index (χ0) is 15.5. The number of ether oxygens (including phenoxy) is 1. The molecular weight excluding hydrogens is 288 g/mol. The van der Waals surface area contributed by atoms with Crippen LogP contribution in [0.4, 0.5) is 5.82 Å². The molecule has 0 radical (unpaired) electrons. The van der Waals surface area contributed by atoms with Gasteiger partial charge in [0, 0.05) is 26.2 Å². The third kappa shape index (κ3) is 3.15. The number of hydrogen-bond donors (Lipinski definition) is 1. The van der Waals surface area contributed by atoms with Gasteiger partial charge in [0.1, 0.15) is 6.10 Å². The van der Waals surface area contributed by atoms with Crippen molar-refractivity contribution in [3.8, 4) is 5.88 Å². The van der Waals surface area contributed by atoms with Gasteiger partial charge in [-0.2, -0.15) is 4.98 Å². The maximum atomic E-state index is 6.20. The van der Waals surface area contributed by atoms with Gasteiger partial charge in [-0.25, -0.2) is 0 Å². The molecule has 120 valence electrons. The van der Waals surface area contributed by atoms with Crippen LogP contribution in [0.3, 0.4) is 0 Å². The van der Waals surface area contributed by atoms with Crippen LogP contribution in [0.25, 0.3) is 0 Å². The lowest BCUT2D eigenvalue weighted by Gasteiger charge is -2.29. The van der Waals surface area contributed by atoms with E-state index in [-0.39, 0.29) is 6.10 Å². The molecule has 0 spiro atoms. The van der Waals surface area contributed by atoms with E-state index in [9.17, 15) is 0 Å². The van der Waals surface area contributed by atoms with Crippen LogP contribution >= 0.6 is 0 Å². The van der Waals surface area contributed by atoms with Gasteiger partial charge < -0.3 is 15.0 Å². The summed E-state index contributed by atoms with van der Waals surface area (Å²) in [6.07, 6.45) is 6.98. The van der Waals surface area contributed by atoms with E-state index in [1.54, 1.807) is 6.20 Å². The van der Waals surface area contributed by atoms with Crippen LogP contribution in [0.15, 0.2) is 36.7 Å². The van der Waals surface area contributed by atoms with Gasteiger partial charge in [-0.1, -0.05) is 24.3 Å². The fourth-order valence-electron chi connectivity index (χ4n) is 3.42. The Kier molecular flexibility index (Phi) is 4.11. The summed E-state index contributed by atoms with van der Waals surface area (Å²) in [4.78, 5) is 11.3. The SMILES string of the molecule is c1ccc2c(c1)CCCC2Oc1cncc(N2CCNCC2)n1. The van der Waals surface area contributed by atoms with Crippen molar-refractivity contribution < 1.29 is 4.74 Å². The Morgan fingerprint density at radius 2 is 2.00 bits per heavy atom. The van der Waals surface area contributed by atoms with Crippen molar-refractivity contribution in [2.45, 2.75) is 25.4 Å². The number of rotatable bonds is 3. The molecule has 0 amide bonds. The normalized spacial score (nSPS) is 20.9. The molecule has 0 saturated carbocycles. The van der Waals surface area contributed by atoms with Gasteiger partial charge >= 0.3 is 0 Å². The van der Waals surface area contributed by atoms with Crippen molar-refractivity contribution in [3.63, 3.8) is 0 Å². The first-order valence-electron chi connectivity index (χ1n) is 8.42. The molecule has 1 atom stereocenters. The fraction of sp³-hybridized carbons (Fsp3) is 0.444. The quantitative estimate of drug-likeness (QED) is 0.943. The van der Waals surface area contributed by atoms with Gasteiger partial charge in [-0.15, -0.1) is 0 Å². The maximum Gasteiger partial charge on any atom is 0.234 e. The lowest BCUT2D eigenvalue weighted by molar-refractivity contribution is 0.175. The molecule has 5 nitrogen and oxygen atoms in total. The Labute approximate surface area is 136 Å². The van der Waals surface area contributed by atoms with Gasteiger partial charge in [0.2, 0.25) is 5.88 Å². The van der Waals surface area contributed by atoms with Crippen LogP contribution in [0.1, 0.15) is 30.1 Å². The first kappa shape index (κ1) is 14.5. The number of piperazine rings is 1. The third-order valence-corrected chi connectivity index (χ3v) is 4.62. The predicted octanol–water partition coefficient (Wildman–Crippen LogP) is 2.34. The summed E-state index contributed by atoms with van der Waals surface area (Å²) >= 11 is 0. The van der Waals surface area contributed by atoms with Crippen molar-refractivity contribution in [2.24, 2.45) is 0 Å². The highest BCUT2D eigenvalue weighted by Crippen LogP contribution is 2.33. The van der Waals surface area contributed by atoms with Crippen LogP contribution in [0.2, 0.25) is 0 Å². The van der Waals surface area contributed by atoms with Crippen molar-refractivity contribution in [3.05, 3.63) is 47.8 Å². The van der Waals surface area contributed by atoms with Crippen molar-refractivity contribution in [1.82, 2.24) is 15.3 Å². The minimum absolute atomic E-state index is 0.0903. The largest absolute Gasteiger partial charge is 0.468 e. The number of nitrogens with zero attached hydrogens (tertiary/aromatic N) is 3. The summed E-state index contributed by atoms with van der Waals surface area (Å²) in [6.45, 7) is 3.90. The van der Waals surface area contributed by atoms with Crippen LogP contribution in [0, 0.1) is 0 Å². The fourth-order valence-corrected chi connectivity index (χ4v) is 3.42. The molecule has 1 N–H and O–H groups in total. The third-order valence-electron chi connectivity index (χ3n) is 4.62. The van der Waals surface area contributed by atoms with Gasteiger partial charge in [0.15, 0.2) is 5.82 Å². The standard InChI is InChI=1S/C18H22N4O/c1-2-6-15-14(4-1)5-3-7-16(15)23-18-13-20-12-17(21-18)22-10-8-19-9-11-22/h1-2,4,6,12-13,16,19H,3,5,7-11H2. The molecule has 1 fully saturated rings. The molecule has 1 aliphatic heterocycles. The molecule has 1 aliphatic carbocycles. The van der Waals surface area contributed by atoms with E-state index in [0.717, 1.165) is 51.3 Å². The Morgan fingerprint density at radius 3 is 2.91 bits per heavy atom. The minimum atomic E-state index is 0.0903. The lowest BCUT2D eigenvalue weighted by atomic mass is 9.89. The van der Waals surface area contributed by atoms with Gasteiger partial charge in [0.25, 0.3) is 0 Å². The highest BCUT2D eigenvalue weighted by atomic mass is 16.5. The van der Waals surface area contributed by atoms with Crippen LogP contribution < -0.4 is 15.0 Å². The molecule has 2 aromatic rings. The van der Waals surface area contributed by atoms with Gasteiger partial charge in [0.05, 0.1) is 12.4 Å². The highest BCUT2D eigenvalue weighted by Gasteiger charge is 2.22. The van der Waals surface area contributed by atoms with Gasteiger partial charge in [-0.3, -0.25) is 4.98 Å².